The summed E-state index contributed by atoms with van der Waals surface area (Å²) in [5.41, 5.74) is 2.66. The quantitative estimate of drug-likeness (QED) is 0.552. The van der Waals surface area contributed by atoms with Gasteiger partial charge in [-0.25, -0.2) is 4.98 Å². The summed E-state index contributed by atoms with van der Waals surface area (Å²) in [6.45, 7) is 3.16. The number of hydrogen-bond donors (Lipinski definition) is 2. The molecule has 2 aromatic heterocycles. The van der Waals surface area contributed by atoms with Gasteiger partial charge in [0.1, 0.15) is 17.3 Å². The number of nitrogens with one attached hydrogen (secondary N) is 2. The molecule has 0 unspecified atom stereocenters. The fourth-order valence-corrected chi connectivity index (χ4v) is 4.27. The van der Waals surface area contributed by atoms with Gasteiger partial charge in [-0.05, 0) is 75.3 Å². The lowest BCUT2D eigenvalue weighted by Crippen LogP contribution is -2.33. The van der Waals surface area contributed by atoms with E-state index in [-0.39, 0.29) is 5.91 Å². The first-order chi connectivity index (χ1) is 15.5. The number of aromatic nitrogens is 2. The third kappa shape index (κ3) is 4.40. The van der Waals surface area contributed by atoms with Crippen molar-refractivity contribution in [1.29, 1.82) is 0 Å². The summed E-state index contributed by atoms with van der Waals surface area (Å²) in [4.78, 5) is 23.7. The highest BCUT2D eigenvalue weighted by atomic mass is 35.5. The lowest BCUT2D eigenvalue weighted by atomic mass is 9.97. The maximum Gasteiger partial charge on any atom is 0.256 e. The molecule has 2 aliphatic heterocycles. The number of anilines is 2. The maximum absolute atomic E-state index is 12.4. The van der Waals surface area contributed by atoms with Gasteiger partial charge in [0, 0.05) is 22.8 Å². The number of nitrogens with zero attached hydrogens (tertiary/aromatic N) is 3. The number of likely N-dealkylation sites (tertiary alicyclic amines) is 1. The van der Waals surface area contributed by atoms with Crippen molar-refractivity contribution in [3.8, 4) is 11.5 Å². The predicted molar refractivity (Wildman–Crippen MR) is 126 cm³/mol. The van der Waals surface area contributed by atoms with E-state index in [1.807, 2.05) is 12.1 Å². The van der Waals surface area contributed by atoms with Gasteiger partial charge in [-0.15, -0.1) is 0 Å². The molecule has 164 valence electrons. The van der Waals surface area contributed by atoms with E-state index >= 15 is 0 Å². The van der Waals surface area contributed by atoms with Crippen LogP contribution in [0.15, 0.2) is 47.1 Å². The second kappa shape index (κ2) is 8.76. The Hall–Kier alpha value is -3.16. The van der Waals surface area contributed by atoms with Crippen LogP contribution in [0.5, 0.6) is 0 Å². The highest BCUT2D eigenvalue weighted by Crippen LogP contribution is 2.35. The maximum atomic E-state index is 12.4. The Morgan fingerprint density at radius 2 is 2.09 bits per heavy atom. The van der Waals surface area contributed by atoms with E-state index in [2.05, 4.69) is 32.5 Å². The summed E-state index contributed by atoms with van der Waals surface area (Å²) in [6, 6.07) is 8.97. The second-order valence-electron chi connectivity index (χ2n) is 8.32. The zero-order chi connectivity index (χ0) is 22.1. The van der Waals surface area contributed by atoms with Crippen LogP contribution in [0.1, 0.15) is 24.2 Å². The molecule has 0 bridgehead atoms. The molecule has 8 heteroatoms. The van der Waals surface area contributed by atoms with E-state index in [1.54, 1.807) is 36.7 Å². The van der Waals surface area contributed by atoms with E-state index in [9.17, 15) is 4.79 Å². The number of amides is 1. The molecule has 3 aromatic rings. The summed E-state index contributed by atoms with van der Waals surface area (Å²) < 4.78 is 5.96. The highest BCUT2D eigenvalue weighted by Gasteiger charge is 2.25. The molecule has 1 aromatic carbocycles. The van der Waals surface area contributed by atoms with E-state index in [0.717, 1.165) is 36.7 Å². The van der Waals surface area contributed by atoms with Crippen molar-refractivity contribution in [1.82, 2.24) is 14.9 Å². The highest BCUT2D eigenvalue weighted by molar-refractivity contribution is 6.36. The fourth-order valence-electron chi connectivity index (χ4n) is 4.10. The molecular formula is C24H24ClN5O2. The van der Waals surface area contributed by atoms with Gasteiger partial charge in [0.2, 0.25) is 0 Å². The smallest absolute Gasteiger partial charge is 0.256 e. The third-order valence-electron chi connectivity index (χ3n) is 5.97. The Kier molecular flexibility index (Phi) is 5.68. The molecule has 0 saturated carbocycles. The van der Waals surface area contributed by atoms with Crippen LogP contribution in [-0.4, -0.2) is 47.5 Å². The molecule has 0 spiro atoms. The van der Waals surface area contributed by atoms with Crippen LogP contribution < -0.4 is 10.6 Å². The Morgan fingerprint density at radius 1 is 1.25 bits per heavy atom. The van der Waals surface area contributed by atoms with E-state index in [4.69, 9.17) is 16.0 Å². The largest absolute Gasteiger partial charge is 0.455 e. The van der Waals surface area contributed by atoms with Crippen molar-refractivity contribution < 1.29 is 9.21 Å². The second-order valence-corrected chi connectivity index (χ2v) is 8.76. The van der Waals surface area contributed by atoms with Crippen LogP contribution >= 0.6 is 11.6 Å². The molecule has 2 N–H and O–H groups in total. The van der Waals surface area contributed by atoms with Gasteiger partial charge in [-0.1, -0.05) is 11.6 Å². The molecule has 32 heavy (non-hydrogen) atoms. The predicted octanol–water partition coefficient (Wildman–Crippen LogP) is 4.64. The zero-order valence-electron chi connectivity index (χ0n) is 17.8. The third-order valence-corrected chi connectivity index (χ3v) is 6.21. The number of carbonyl (C=O) groups is 1. The van der Waals surface area contributed by atoms with Crippen LogP contribution in [0, 0.1) is 5.92 Å². The van der Waals surface area contributed by atoms with Crippen molar-refractivity contribution in [2.24, 2.45) is 5.92 Å². The summed E-state index contributed by atoms with van der Waals surface area (Å²) in [5.74, 6) is 2.35. The number of fused-ring (bicyclic) bond motifs is 1. The minimum absolute atomic E-state index is 0.180. The van der Waals surface area contributed by atoms with Gasteiger partial charge in [0.15, 0.2) is 5.76 Å². The van der Waals surface area contributed by atoms with Crippen LogP contribution in [0.3, 0.4) is 0 Å². The number of carbonyl (C=O) groups excluding carboxylic acids is 1. The monoisotopic (exact) mass is 449 g/mol. The molecular weight excluding hydrogens is 426 g/mol. The van der Waals surface area contributed by atoms with Gasteiger partial charge in [-0.3, -0.25) is 9.78 Å². The summed E-state index contributed by atoms with van der Waals surface area (Å²) in [6.07, 6.45) is 7.50. The van der Waals surface area contributed by atoms with Gasteiger partial charge >= 0.3 is 0 Å². The number of rotatable bonds is 5. The van der Waals surface area contributed by atoms with Crippen LogP contribution in [0.25, 0.3) is 23.1 Å². The van der Waals surface area contributed by atoms with E-state index in [0.29, 0.717) is 33.7 Å². The van der Waals surface area contributed by atoms with Crippen molar-refractivity contribution in [3.63, 3.8) is 0 Å². The standard InChI is InChI=1S/C24H24ClN5O2/c1-30-8-6-15(7-9-30)12-27-23-14-26-13-21(28-23)22-5-3-17(32-22)11-19-18-10-16(25)2-4-20(18)29-24(19)31/h2-5,10-11,13-15H,6-9,12H2,1H3,(H,27,28)(H,29,31). The van der Waals surface area contributed by atoms with Gasteiger partial charge in [0.25, 0.3) is 5.91 Å². The first-order valence-corrected chi connectivity index (χ1v) is 11.1. The summed E-state index contributed by atoms with van der Waals surface area (Å²) in [5, 5.41) is 6.83. The SMILES string of the molecule is CN1CCC(CNc2cncc(-c3ccc(C=C4C(=O)Nc5ccc(Cl)cc54)o3)n2)CC1. The lowest BCUT2D eigenvalue weighted by Gasteiger charge is -2.29. The Labute approximate surface area is 191 Å². The lowest BCUT2D eigenvalue weighted by molar-refractivity contribution is -0.110. The average Bonchev–Trinajstić information content (AvgIpc) is 3.39. The molecule has 0 radical (unpaired) electrons. The first kappa shape index (κ1) is 20.7. The summed E-state index contributed by atoms with van der Waals surface area (Å²) >= 11 is 6.11. The van der Waals surface area contributed by atoms with Gasteiger partial charge < -0.3 is 20.0 Å². The average molecular weight is 450 g/mol. The van der Waals surface area contributed by atoms with E-state index < -0.39 is 0 Å². The molecule has 4 heterocycles. The number of halogens is 1. The molecule has 1 saturated heterocycles. The minimum atomic E-state index is -0.180. The Balaban J connectivity index is 1.31. The molecule has 1 amide bonds. The van der Waals surface area contributed by atoms with Gasteiger partial charge in [-0.2, -0.15) is 0 Å². The van der Waals surface area contributed by atoms with Crippen LogP contribution in [-0.2, 0) is 4.79 Å². The topological polar surface area (TPSA) is 83.3 Å². The van der Waals surface area contributed by atoms with Gasteiger partial charge in [0.05, 0.1) is 18.0 Å². The van der Waals surface area contributed by atoms with E-state index in [1.165, 1.54) is 12.8 Å². The Morgan fingerprint density at radius 3 is 2.94 bits per heavy atom. The molecule has 7 nitrogen and oxygen atoms in total. The van der Waals surface area contributed by atoms with Crippen LogP contribution in [0.2, 0.25) is 5.02 Å². The molecule has 1 fully saturated rings. The number of furan rings is 1. The Bertz CT molecular complexity index is 1180. The number of hydrogen-bond acceptors (Lipinski definition) is 6. The first-order valence-electron chi connectivity index (χ1n) is 10.7. The number of piperidine rings is 1. The molecule has 5 rings (SSSR count). The van der Waals surface area contributed by atoms with Crippen LogP contribution in [0.4, 0.5) is 11.5 Å². The van der Waals surface area contributed by atoms with Crippen molar-refractivity contribution >= 4 is 40.7 Å². The fraction of sp³-hybridized carbons (Fsp3) is 0.292. The molecule has 0 atom stereocenters. The van der Waals surface area contributed by atoms with Crippen molar-refractivity contribution in [2.45, 2.75) is 12.8 Å². The van der Waals surface area contributed by atoms with Crippen molar-refractivity contribution in [2.75, 3.05) is 37.3 Å². The molecule has 0 aliphatic carbocycles. The normalized spacial score (nSPS) is 18.1. The zero-order valence-corrected chi connectivity index (χ0v) is 18.5. The molecule has 2 aliphatic rings. The number of benzene rings is 1. The minimum Gasteiger partial charge on any atom is -0.455 e. The van der Waals surface area contributed by atoms with Crippen molar-refractivity contribution in [3.05, 3.63) is 59.1 Å². The summed E-state index contributed by atoms with van der Waals surface area (Å²) in [7, 11) is 2.17.